The van der Waals surface area contributed by atoms with Gasteiger partial charge in [-0.15, -0.1) is 0 Å². The van der Waals surface area contributed by atoms with Gasteiger partial charge in [-0.2, -0.15) is 0 Å². The molecule has 0 aromatic carbocycles. The molecule has 1 amide bonds. The van der Waals surface area contributed by atoms with Crippen LogP contribution in [-0.4, -0.2) is 54.5 Å². The lowest BCUT2D eigenvalue weighted by molar-refractivity contribution is 0.0370. The number of rotatable bonds is 5. The summed E-state index contributed by atoms with van der Waals surface area (Å²) < 4.78 is 5.13. The maximum absolute atomic E-state index is 12.0. The summed E-state index contributed by atoms with van der Waals surface area (Å²) in [5.41, 5.74) is 0. The first-order valence-electron chi connectivity index (χ1n) is 8.93. The first kappa shape index (κ1) is 17.5. The van der Waals surface area contributed by atoms with Gasteiger partial charge in [0.05, 0.1) is 12.7 Å². The zero-order chi connectivity index (χ0) is 15.9. The van der Waals surface area contributed by atoms with Gasteiger partial charge in [0.25, 0.3) is 0 Å². The minimum atomic E-state index is -0.392. The molecule has 1 saturated heterocycles. The van der Waals surface area contributed by atoms with Crippen LogP contribution in [0.25, 0.3) is 0 Å². The molecule has 0 radical (unpaired) electrons. The van der Waals surface area contributed by atoms with E-state index in [-0.39, 0.29) is 18.1 Å². The minimum absolute atomic E-state index is 0.127. The first-order valence-corrected chi connectivity index (χ1v) is 8.93. The van der Waals surface area contributed by atoms with Gasteiger partial charge in [-0.05, 0) is 45.6 Å². The van der Waals surface area contributed by atoms with Gasteiger partial charge in [0.15, 0.2) is 0 Å². The van der Waals surface area contributed by atoms with Crippen molar-refractivity contribution in [2.24, 2.45) is 11.8 Å². The van der Waals surface area contributed by atoms with Crippen LogP contribution in [0.2, 0.25) is 0 Å². The summed E-state index contributed by atoms with van der Waals surface area (Å²) in [6.45, 7) is 6.36. The van der Waals surface area contributed by atoms with E-state index in [1.165, 1.54) is 32.1 Å². The van der Waals surface area contributed by atoms with Gasteiger partial charge in [0, 0.05) is 25.0 Å². The second-order valence-corrected chi connectivity index (χ2v) is 6.95. The third-order valence-corrected chi connectivity index (χ3v) is 5.11. The Hall–Kier alpha value is -0.810. The Bertz CT molecular complexity index is 343. The standard InChI is InChI=1S/C17H32N2O3/c1-3-22-17(21)19-11-15(13(2)20)9-16(12-19)18-10-14-7-5-4-6-8-14/h13-16,18,20H,3-12H2,1-2H3. The van der Waals surface area contributed by atoms with Crippen LogP contribution in [0.5, 0.6) is 0 Å². The first-order chi connectivity index (χ1) is 10.6. The Kier molecular flexibility index (Phi) is 6.96. The van der Waals surface area contributed by atoms with Crippen molar-refractivity contribution in [1.82, 2.24) is 10.2 Å². The van der Waals surface area contributed by atoms with E-state index in [1.54, 1.807) is 4.90 Å². The zero-order valence-electron chi connectivity index (χ0n) is 14.1. The molecule has 3 unspecified atom stereocenters. The molecule has 128 valence electrons. The number of hydrogen-bond acceptors (Lipinski definition) is 4. The highest BCUT2D eigenvalue weighted by molar-refractivity contribution is 5.67. The quantitative estimate of drug-likeness (QED) is 0.818. The second kappa shape index (κ2) is 8.73. The van der Waals surface area contributed by atoms with Crippen molar-refractivity contribution in [3.8, 4) is 0 Å². The lowest BCUT2D eigenvalue weighted by Crippen LogP contribution is -2.54. The Morgan fingerprint density at radius 3 is 2.68 bits per heavy atom. The number of amides is 1. The van der Waals surface area contributed by atoms with Gasteiger partial charge in [-0.25, -0.2) is 4.79 Å². The van der Waals surface area contributed by atoms with Gasteiger partial charge in [-0.3, -0.25) is 0 Å². The topological polar surface area (TPSA) is 61.8 Å². The molecule has 2 N–H and O–H groups in total. The van der Waals surface area contributed by atoms with Gasteiger partial charge < -0.3 is 20.1 Å². The maximum atomic E-state index is 12.0. The van der Waals surface area contributed by atoms with Crippen molar-refractivity contribution in [1.29, 1.82) is 0 Å². The average Bonchev–Trinajstić information content (AvgIpc) is 2.54. The average molecular weight is 312 g/mol. The fourth-order valence-corrected chi connectivity index (χ4v) is 3.72. The van der Waals surface area contributed by atoms with E-state index in [0.717, 1.165) is 18.9 Å². The molecule has 1 heterocycles. The second-order valence-electron chi connectivity index (χ2n) is 6.95. The van der Waals surface area contributed by atoms with Crippen LogP contribution in [0.15, 0.2) is 0 Å². The summed E-state index contributed by atoms with van der Waals surface area (Å²) in [7, 11) is 0. The van der Waals surface area contributed by atoms with E-state index in [2.05, 4.69) is 5.32 Å². The molecule has 0 aromatic heterocycles. The monoisotopic (exact) mass is 312 g/mol. The van der Waals surface area contributed by atoms with Crippen molar-refractivity contribution in [3.05, 3.63) is 0 Å². The van der Waals surface area contributed by atoms with Crippen molar-refractivity contribution < 1.29 is 14.6 Å². The highest BCUT2D eigenvalue weighted by Crippen LogP contribution is 2.25. The summed E-state index contributed by atoms with van der Waals surface area (Å²) in [6.07, 6.45) is 7.00. The Morgan fingerprint density at radius 1 is 1.32 bits per heavy atom. The Balaban J connectivity index is 1.86. The van der Waals surface area contributed by atoms with Crippen molar-refractivity contribution in [2.75, 3.05) is 26.2 Å². The molecule has 1 saturated carbocycles. The number of carbonyl (C=O) groups is 1. The van der Waals surface area contributed by atoms with E-state index < -0.39 is 6.10 Å². The van der Waals surface area contributed by atoms with Crippen LogP contribution in [0.3, 0.4) is 0 Å². The normalized spacial score (nSPS) is 28.4. The summed E-state index contributed by atoms with van der Waals surface area (Å²) >= 11 is 0. The van der Waals surface area contributed by atoms with Crippen molar-refractivity contribution in [2.45, 2.75) is 64.5 Å². The van der Waals surface area contributed by atoms with Crippen LogP contribution in [0.1, 0.15) is 52.4 Å². The van der Waals surface area contributed by atoms with Gasteiger partial charge in [-0.1, -0.05) is 19.3 Å². The number of piperidine rings is 1. The molecule has 22 heavy (non-hydrogen) atoms. The van der Waals surface area contributed by atoms with E-state index in [0.29, 0.717) is 19.7 Å². The molecular weight excluding hydrogens is 280 g/mol. The lowest BCUT2D eigenvalue weighted by Gasteiger charge is -2.39. The summed E-state index contributed by atoms with van der Waals surface area (Å²) in [5.74, 6) is 0.902. The lowest BCUT2D eigenvalue weighted by atomic mass is 9.87. The van der Waals surface area contributed by atoms with E-state index >= 15 is 0 Å². The van der Waals surface area contributed by atoms with Gasteiger partial charge in [0.2, 0.25) is 0 Å². The van der Waals surface area contributed by atoms with Crippen LogP contribution in [0, 0.1) is 11.8 Å². The fourth-order valence-electron chi connectivity index (χ4n) is 3.72. The Morgan fingerprint density at radius 2 is 2.05 bits per heavy atom. The smallest absolute Gasteiger partial charge is 0.409 e. The summed E-state index contributed by atoms with van der Waals surface area (Å²) in [5, 5.41) is 13.6. The van der Waals surface area contributed by atoms with Crippen molar-refractivity contribution in [3.63, 3.8) is 0 Å². The molecule has 1 aliphatic carbocycles. The Labute approximate surface area is 134 Å². The molecule has 0 aromatic rings. The number of carbonyl (C=O) groups excluding carboxylic acids is 1. The highest BCUT2D eigenvalue weighted by Gasteiger charge is 2.33. The number of aliphatic hydroxyl groups is 1. The largest absolute Gasteiger partial charge is 0.450 e. The molecule has 2 fully saturated rings. The van der Waals surface area contributed by atoms with Crippen LogP contribution in [0.4, 0.5) is 4.79 Å². The minimum Gasteiger partial charge on any atom is -0.450 e. The fraction of sp³-hybridized carbons (Fsp3) is 0.941. The third kappa shape index (κ3) is 5.13. The highest BCUT2D eigenvalue weighted by atomic mass is 16.6. The SMILES string of the molecule is CCOC(=O)N1CC(NCC2CCCCC2)CC(C(C)O)C1. The molecule has 3 atom stereocenters. The molecular formula is C17H32N2O3. The van der Waals surface area contributed by atoms with Gasteiger partial charge in [0.1, 0.15) is 0 Å². The summed E-state index contributed by atoms with van der Waals surface area (Å²) in [4.78, 5) is 13.8. The zero-order valence-corrected chi connectivity index (χ0v) is 14.1. The maximum Gasteiger partial charge on any atom is 0.409 e. The van der Waals surface area contributed by atoms with E-state index in [4.69, 9.17) is 4.74 Å². The van der Waals surface area contributed by atoms with E-state index in [1.807, 2.05) is 13.8 Å². The van der Waals surface area contributed by atoms with Crippen LogP contribution >= 0.6 is 0 Å². The molecule has 5 nitrogen and oxygen atoms in total. The predicted octanol–water partition coefficient (Wildman–Crippen LogP) is 2.38. The molecule has 2 aliphatic rings. The van der Waals surface area contributed by atoms with Gasteiger partial charge >= 0.3 is 6.09 Å². The predicted molar refractivity (Wildman–Crippen MR) is 86.7 cm³/mol. The molecule has 2 rings (SSSR count). The number of ether oxygens (including phenoxy) is 1. The third-order valence-electron chi connectivity index (χ3n) is 5.11. The number of aliphatic hydroxyl groups excluding tert-OH is 1. The number of nitrogens with one attached hydrogen (secondary N) is 1. The molecule has 0 bridgehead atoms. The number of nitrogens with zero attached hydrogens (tertiary/aromatic N) is 1. The number of likely N-dealkylation sites (tertiary alicyclic amines) is 1. The van der Waals surface area contributed by atoms with Crippen molar-refractivity contribution >= 4 is 6.09 Å². The van der Waals surface area contributed by atoms with E-state index in [9.17, 15) is 9.90 Å². The molecule has 0 spiro atoms. The number of hydrogen-bond donors (Lipinski definition) is 2. The molecule has 1 aliphatic heterocycles. The van der Waals surface area contributed by atoms with Crippen LogP contribution in [-0.2, 0) is 4.74 Å². The summed E-state index contributed by atoms with van der Waals surface area (Å²) in [6, 6.07) is 0.264. The molecule has 5 heteroatoms. The van der Waals surface area contributed by atoms with Crippen LogP contribution < -0.4 is 5.32 Å².